The van der Waals surface area contributed by atoms with Gasteiger partial charge in [0.05, 0.1) is 7.11 Å². The van der Waals surface area contributed by atoms with Crippen molar-refractivity contribution >= 4 is 5.91 Å². The molecule has 5 nitrogen and oxygen atoms in total. The molecule has 0 aliphatic rings. The van der Waals surface area contributed by atoms with Crippen molar-refractivity contribution in [2.75, 3.05) is 34.4 Å². The first-order valence-electron chi connectivity index (χ1n) is 8.03. The Kier molecular flexibility index (Phi) is 7.89. The van der Waals surface area contributed by atoms with Crippen LogP contribution < -0.4 is 14.8 Å². The third kappa shape index (κ3) is 7.37. The molecule has 0 bridgehead atoms. The smallest absolute Gasteiger partial charge is 0.258 e. The number of carbonyl (C=O) groups excluding carboxylic acids is 1. The Labute approximate surface area is 140 Å². The monoisotopic (exact) mass is 322 g/mol. The summed E-state index contributed by atoms with van der Waals surface area (Å²) >= 11 is 0. The molecule has 1 aromatic rings. The molecule has 1 aromatic carbocycles. The molecule has 0 saturated heterocycles. The molecule has 0 aliphatic carbocycles. The second-order valence-corrected chi connectivity index (χ2v) is 6.60. The molecule has 0 spiro atoms. The minimum absolute atomic E-state index is 0.0125. The van der Waals surface area contributed by atoms with Crippen LogP contribution >= 0.6 is 0 Å². The fourth-order valence-electron chi connectivity index (χ4n) is 2.50. The maximum Gasteiger partial charge on any atom is 0.258 e. The largest absolute Gasteiger partial charge is 0.493 e. The Hall–Kier alpha value is -1.75. The SMILES string of the molecule is COc1cc(C)ccc1OCC(=O)NC(CC(C)C)CN(C)C. The van der Waals surface area contributed by atoms with E-state index in [-0.39, 0.29) is 18.6 Å². The zero-order valence-electron chi connectivity index (χ0n) is 15.2. The van der Waals surface area contributed by atoms with E-state index in [0.29, 0.717) is 17.4 Å². The first kappa shape index (κ1) is 19.3. The number of carbonyl (C=O) groups is 1. The maximum absolute atomic E-state index is 12.2. The Morgan fingerprint density at radius 2 is 1.96 bits per heavy atom. The van der Waals surface area contributed by atoms with Gasteiger partial charge in [-0.1, -0.05) is 19.9 Å². The van der Waals surface area contributed by atoms with Crippen LogP contribution in [-0.2, 0) is 4.79 Å². The Morgan fingerprint density at radius 3 is 2.52 bits per heavy atom. The normalized spacial score (nSPS) is 12.3. The zero-order valence-corrected chi connectivity index (χ0v) is 15.2. The molecular formula is C18H30N2O3. The van der Waals surface area contributed by atoms with E-state index in [0.717, 1.165) is 18.5 Å². The second-order valence-electron chi connectivity index (χ2n) is 6.60. The van der Waals surface area contributed by atoms with Crippen LogP contribution in [0, 0.1) is 12.8 Å². The zero-order chi connectivity index (χ0) is 17.4. The molecule has 0 heterocycles. The van der Waals surface area contributed by atoms with Crippen LogP contribution in [0.25, 0.3) is 0 Å². The number of methoxy groups -OCH3 is 1. The van der Waals surface area contributed by atoms with Gasteiger partial charge in [-0.15, -0.1) is 0 Å². The fourth-order valence-corrected chi connectivity index (χ4v) is 2.50. The van der Waals surface area contributed by atoms with Crippen molar-refractivity contribution in [2.45, 2.75) is 33.2 Å². The predicted molar refractivity (Wildman–Crippen MR) is 93.2 cm³/mol. The van der Waals surface area contributed by atoms with Crippen molar-refractivity contribution < 1.29 is 14.3 Å². The van der Waals surface area contributed by atoms with E-state index in [1.807, 2.05) is 39.2 Å². The lowest BCUT2D eigenvalue weighted by atomic mass is 10.0. The second kappa shape index (κ2) is 9.40. The average Bonchev–Trinajstić information content (AvgIpc) is 2.44. The lowest BCUT2D eigenvalue weighted by Crippen LogP contribution is -2.44. The van der Waals surface area contributed by atoms with E-state index in [1.165, 1.54) is 0 Å². The molecule has 5 heteroatoms. The lowest BCUT2D eigenvalue weighted by Gasteiger charge is -2.24. The highest BCUT2D eigenvalue weighted by atomic mass is 16.5. The number of benzene rings is 1. The summed E-state index contributed by atoms with van der Waals surface area (Å²) in [6.07, 6.45) is 0.942. The van der Waals surface area contributed by atoms with E-state index >= 15 is 0 Å². The molecule has 1 unspecified atom stereocenters. The summed E-state index contributed by atoms with van der Waals surface area (Å²) in [4.78, 5) is 14.2. The van der Waals surface area contributed by atoms with Gasteiger partial charge in [-0.05, 0) is 51.1 Å². The van der Waals surface area contributed by atoms with Gasteiger partial charge in [-0.3, -0.25) is 4.79 Å². The number of nitrogens with one attached hydrogen (secondary N) is 1. The third-order valence-electron chi connectivity index (χ3n) is 3.38. The topological polar surface area (TPSA) is 50.8 Å². The van der Waals surface area contributed by atoms with E-state index < -0.39 is 0 Å². The maximum atomic E-state index is 12.2. The van der Waals surface area contributed by atoms with E-state index in [4.69, 9.17) is 9.47 Å². The highest BCUT2D eigenvalue weighted by Gasteiger charge is 2.16. The first-order chi connectivity index (χ1) is 10.8. The van der Waals surface area contributed by atoms with Crippen LogP contribution in [0.5, 0.6) is 11.5 Å². The quantitative estimate of drug-likeness (QED) is 0.759. The van der Waals surface area contributed by atoms with Gasteiger partial charge in [0.15, 0.2) is 18.1 Å². The number of aryl methyl sites for hydroxylation is 1. The van der Waals surface area contributed by atoms with Crippen LogP contribution in [-0.4, -0.2) is 51.2 Å². The molecule has 1 N–H and O–H groups in total. The summed E-state index contributed by atoms with van der Waals surface area (Å²) in [5, 5.41) is 3.05. The number of ether oxygens (including phenoxy) is 2. The standard InChI is InChI=1S/C18H30N2O3/c1-13(2)9-15(11-20(4)5)19-18(21)12-23-16-8-7-14(3)10-17(16)22-6/h7-8,10,13,15H,9,11-12H2,1-6H3,(H,19,21). The van der Waals surface area contributed by atoms with Crippen LogP contribution in [0.3, 0.4) is 0 Å². The molecule has 1 amide bonds. The van der Waals surface area contributed by atoms with Crippen LogP contribution in [0.2, 0.25) is 0 Å². The molecule has 0 saturated carbocycles. The molecule has 1 rings (SSSR count). The molecular weight excluding hydrogens is 292 g/mol. The summed E-state index contributed by atoms with van der Waals surface area (Å²) in [6, 6.07) is 5.78. The van der Waals surface area contributed by atoms with Crippen LogP contribution in [0.1, 0.15) is 25.8 Å². The van der Waals surface area contributed by atoms with Gasteiger partial charge in [-0.25, -0.2) is 0 Å². The van der Waals surface area contributed by atoms with Crippen molar-refractivity contribution in [3.05, 3.63) is 23.8 Å². The number of nitrogens with zero attached hydrogens (tertiary/aromatic N) is 1. The Morgan fingerprint density at radius 1 is 1.26 bits per heavy atom. The summed E-state index contributed by atoms with van der Waals surface area (Å²) in [6.45, 7) is 7.10. The molecule has 1 atom stereocenters. The number of likely N-dealkylation sites (N-methyl/N-ethyl adjacent to an activating group) is 1. The number of rotatable bonds is 9. The minimum Gasteiger partial charge on any atom is -0.493 e. The van der Waals surface area contributed by atoms with Crippen molar-refractivity contribution in [3.63, 3.8) is 0 Å². The fraction of sp³-hybridized carbons (Fsp3) is 0.611. The van der Waals surface area contributed by atoms with E-state index in [9.17, 15) is 4.79 Å². The molecule has 0 aromatic heterocycles. The summed E-state index contributed by atoms with van der Waals surface area (Å²) in [7, 11) is 5.61. The summed E-state index contributed by atoms with van der Waals surface area (Å²) in [5.74, 6) is 1.64. The summed E-state index contributed by atoms with van der Waals surface area (Å²) in [5.41, 5.74) is 1.08. The van der Waals surface area contributed by atoms with Crippen molar-refractivity contribution in [1.82, 2.24) is 10.2 Å². The van der Waals surface area contributed by atoms with Gasteiger partial charge in [0.1, 0.15) is 0 Å². The van der Waals surface area contributed by atoms with Gasteiger partial charge in [-0.2, -0.15) is 0 Å². The molecule has 0 aliphatic heterocycles. The highest BCUT2D eigenvalue weighted by Crippen LogP contribution is 2.27. The Bertz CT molecular complexity index is 491. The predicted octanol–water partition coefficient (Wildman–Crippen LogP) is 2.47. The lowest BCUT2D eigenvalue weighted by molar-refractivity contribution is -0.124. The van der Waals surface area contributed by atoms with Gasteiger partial charge in [0.2, 0.25) is 0 Å². The number of amides is 1. The van der Waals surface area contributed by atoms with E-state index in [2.05, 4.69) is 24.1 Å². The Balaban J connectivity index is 2.57. The molecule has 0 fully saturated rings. The van der Waals surface area contributed by atoms with E-state index in [1.54, 1.807) is 7.11 Å². The minimum atomic E-state index is -0.111. The molecule has 23 heavy (non-hydrogen) atoms. The van der Waals surface area contributed by atoms with Crippen molar-refractivity contribution in [1.29, 1.82) is 0 Å². The molecule has 130 valence electrons. The summed E-state index contributed by atoms with van der Waals surface area (Å²) < 4.78 is 10.9. The van der Waals surface area contributed by atoms with Crippen molar-refractivity contribution in [2.24, 2.45) is 5.92 Å². The number of hydrogen-bond acceptors (Lipinski definition) is 4. The molecule has 0 radical (unpaired) electrons. The third-order valence-corrected chi connectivity index (χ3v) is 3.38. The van der Waals surface area contributed by atoms with Crippen molar-refractivity contribution in [3.8, 4) is 11.5 Å². The van der Waals surface area contributed by atoms with Crippen LogP contribution in [0.4, 0.5) is 0 Å². The number of hydrogen-bond donors (Lipinski definition) is 1. The first-order valence-corrected chi connectivity index (χ1v) is 8.03. The average molecular weight is 322 g/mol. The highest BCUT2D eigenvalue weighted by molar-refractivity contribution is 5.78. The van der Waals surface area contributed by atoms with Gasteiger partial charge in [0, 0.05) is 12.6 Å². The van der Waals surface area contributed by atoms with Gasteiger partial charge in [0.25, 0.3) is 5.91 Å². The van der Waals surface area contributed by atoms with Crippen LogP contribution in [0.15, 0.2) is 18.2 Å². The van der Waals surface area contributed by atoms with Gasteiger partial charge >= 0.3 is 0 Å². The van der Waals surface area contributed by atoms with Gasteiger partial charge < -0.3 is 19.7 Å².